The fourth-order valence-electron chi connectivity index (χ4n) is 1.84. The maximum atomic E-state index is 13.3. The summed E-state index contributed by atoms with van der Waals surface area (Å²) in [6, 6.07) is 3.01. The van der Waals surface area contributed by atoms with Crippen LogP contribution in [0.1, 0.15) is 12.5 Å². The molecule has 0 saturated carbocycles. The Labute approximate surface area is 120 Å². The minimum Gasteiger partial charge on any atom is -0.431 e. The number of anilines is 1. The molecule has 7 nitrogen and oxygen atoms in total. The Morgan fingerprint density at radius 2 is 2.19 bits per heavy atom. The molecule has 21 heavy (non-hydrogen) atoms. The van der Waals surface area contributed by atoms with E-state index < -0.39 is 10.7 Å². The lowest BCUT2D eigenvalue weighted by molar-refractivity contribution is -0.385. The number of rotatable bonds is 5. The SMILES string of the molecule is CCc1c(NC)ncnc1Oc1cc(F)ccc1[N+](=O)[O-]. The normalized spacial score (nSPS) is 10.2. The van der Waals surface area contributed by atoms with Gasteiger partial charge in [0.05, 0.1) is 10.5 Å². The molecule has 0 saturated heterocycles. The third-order valence-electron chi connectivity index (χ3n) is 2.82. The summed E-state index contributed by atoms with van der Waals surface area (Å²) in [5.41, 5.74) is 0.321. The predicted octanol–water partition coefficient (Wildman–Crippen LogP) is 2.92. The quantitative estimate of drug-likeness (QED) is 0.673. The highest BCUT2D eigenvalue weighted by atomic mass is 19.1. The smallest absolute Gasteiger partial charge is 0.311 e. The monoisotopic (exact) mass is 292 g/mol. The number of hydrogen-bond acceptors (Lipinski definition) is 6. The van der Waals surface area contributed by atoms with E-state index in [0.29, 0.717) is 17.8 Å². The molecule has 0 fully saturated rings. The molecular weight excluding hydrogens is 279 g/mol. The molecule has 0 bridgehead atoms. The summed E-state index contributed by atoms with van der Waals surface area (Å²) in [7, 11) is 1.69. The van der Waals surface area contributed by atoms with Crippen molar-refractivity contribution in [1.82, 2.24) is 9.97 Å². The van der Waals surface area contributed by atoms with Crippen molar-refractivity contribution in [2.75, 3.05) is 12.4 Å². The first-order valence-electron chi connectivity index (χ1n) is 6.20. The minimum atomic E-state index is -0.638. The lowest BCUT2D eigenvalue weighted by Gasteiger charge is -2.11. The molecule has 0 aliphatic heterocycles. The van der Waals surface area contributed by atoms with Gasteiger partial charge in [0.25, 0.3) is 0 Å². The second-order valence-electron chi connectivity index (χ2n) is 4.08. The van der Waals surface area contributed by atoms with Gasteiger partial charge in [0, 0.05) is 19.2 Å². The molecule has 110 valence electrons. The van der Waals surface area contributed by atoms with E-state index in [1.807, 2.05) is 6.92 Å². The molecule has 0 aliphatic rings. The molecule has 8 heteroatoms. The minimum absolute atomic E-state index is 0.158. The van der Waals surface area contributed by atoms with Gasteiger partial charge in [0.1, 0.15) is 18.0 Å². The Morgan fingerprint density at radius 3 is 2.81 bits per heavy atom. The summed E-state index contributed by atoms with van der Waals surface area (Å²) in [5, 5.41) is 13.8. The van der Waals surface area contributed by atoms with Gasteiger partial charge in [0.2, 0.25) is 11.6 Å². The van der Waals surface area contributed by atoms with Crippen molar-refractivity contribution in [3.8, 4) is 11.6 Å². The van der Waals surface area contributed by atoms with Crippen LogP contribution in [0.15, 0.2) is 24.5 Å². The van der Waals surface area contributed by atoms with E-state index in [1.165, 1.54) is 6.33 Å². The molecule has 0 atom stereocenters. The number of hydrogen-bond donors (Lipinski definition) is 1. The van der Waals surface area contributed by atoms with Crippen LogP contribution < -0.4 is 10.1 Å². The lowest BCUT2D eigenvalue weighted by atomic mass is 10.2. The largest absolute Gasteiger partial charge is 0.431 e. The van der Waals surface area contributed by atoms with Crippen molar-refractivity contribution >= 4 is 11.5 Å². The maximum absolute atomic E-state index is 13.3. The first kappa shape index (κ1) is 14.6. The van der Waals surface area contributed by atoms with Crippen LogP contribution in [0.2, 0.25) is 0 Å². The molecule has 0 radical (unpaired) electrons. The third kappa shape index (κ3) is 3.04. The maximum Gasteiger partial charge on any atom is 0.311 e. The summed E-state index contributed by atoms with van der Waals surface area (Å²) in [4.78, 5) is 18.3. The van der Waals surface area contributed by atoms with Gasteiger partial charge in [0.15, 0.2) is 0 Å². The zero-order chi connectivity index (χ0) is 15.4. The van der Waals surface area contributed by atoms with E-state index in [2.05, 4.69) is 15.3 Å². The number of halogens is 1. The first-order valence-corrected chi connectivity index (χ1v) is 6.20. The standard InChI is InChI=1S/C13H13FN4O3/c1-3-9-12(15-2)16-7-17-13(9)21-11-6-8(14)4-5-10(11)18(19)20/h4-7H,3H2,1-2H3,(H,15,16,17). The molecule has 0 unspecified atom stereocenters. The van der Waals surface area contributed by atoms with E-state index in [9.17, 15) is 14.5 Å². The predicted molar refractivity (Wildman–Crippen MR) is 74.1 cm³/mol. The van der Waals surface area contributed by atoms with Crippen molar-refractivity contribution in [3.63, 3.8) is 0 Å². The van der Waals surface area contributed by atoms with Gasteiger partial charge < -0.3 is 10.1 Å². The van der Waals surface area contributed by atoms with E-state index in [1.54, 1.807) is 7.05 Å². The molecule has 0 spiro atoms. The Balaban J connectivity index is 2.47. The van der Waals surface area contributed by atoms with Crippen molar-refractivity contribution in [3.05, 3.63) is 46.0 Å². The topological polar surface area (TPSA) is 90.2 Å². The van der Waals surface area contributed by atoms with Crippen molar-refractivity contribution < 1.29 is 14.1 Å². The Bertz CT molecular complexity index is 678. The highest BCUT2D eigenvalue weighted by Crippen LogP contribution is 2.33. The molecule has 1 N–H and O–H groups in total. The van der Waals surface area contributed by atoms with Crippen LogP contribution in [0.25, 0.3) is 0 Å². The molecule has 1 aromatic heterocycles. The van der Waals surface area contributed by atoms with Gasteiger partial charge in [-0.05, 0) is 12.5 Å². The second-order valence-corrected chi connectivity index (χ2v) is 4.08. The van der Waals surface area contributed by atoms with E-state index >= 15 is 0 Å². The van der Waals surface area contributed by atoms with Gasteiger partial charge in [-0.2, -0.15) is 0 Å². The summed E-state index contributed by atoms with van der Waals surface area (Å²) in [6.07, 6.45) is 1.82. The van der Waals surface area contributed by atoms with Crippen LogP contribution in [-0.2, 0) is 6.42 Å². The number of benzene rings is 1. The number of nitrogens with one attached hydrogen (secondary N) is 1. The number of nitrogens with zero attached hydrogens (tertiary/aromatic N) is 3. The van der Waals surface area contributed by atoms with E-state index in [-0.39, 0.29) is 17.3 Å². The highest BCUT2D eigenvalue weighted by molar-refractivity contribution is 5.52. The number of nitro benzene ring substituents is 1. The Kier molecular flexibility index (Phi) is 4.27. The average molecular weight is 292 g/mol. The fourth-order valence-corrected chi connectivity index (χ4v) is 1.84. The number of ether oxygens (including phenoxy) is 1. The molecule has 1 heterocycles. The highest BCUT2D eigenvalue weighted by Gasteiger charge is 2.19. The fraction of sp³-hybridized carbons (Fsp3) is 0.231. The van der Waals surface area contributed by atoms with Gasteiger partial charge in [-0.15, -0.1) is 0 Å². The zero-order valence-corrected chi connectivity index (χ0v) is 11.5. The molecule has 2 rings (SSSR count). The molecule has 1 aromatic carbocycles. The summed E-state index contributed by atoms with van der Waals surface area (Å²) < 4.78 is 18.7. The lowest BCUT2D eigenvalue weighted by Crippen LogP contribution is -2.03. The van der Waals surface area contributed by atoms with Crippen LogP contribution in [-0.4, -0.2) is 21.9 Å². The summed E-state index contributed by atoms with van der Waals surface area (Å²) >= 11 is 0. The van der Waals surface area contributed by atoms with Crippen LogP contribution >= 0.6 is 0 Å². The van der Waals surface area contributed by atoms with Crippen molar-refractivity contribution in [2.45, 2.75) is 13.3 Å². The van der Waals surface area contributed by atoms with Crippen molar-refractivity contribution in [1.29, 1.82) is 0 Å². The van der Waals surface area contributed by atoms with Gasteiger partial charge >= 0.3 is 5.69 Å². The first-order chi connectivity index (χ1) is 10.1. The average Bonchev–Trinajstić information content (AvgIpc) is 2.46. The van der Waals surface area contributed by atoms with Crippen LogP contribution in [0.5, 0.6) is 11.6 Å². The second kappa shape index (κ2) is 6.12. The molecular formula is C13H13FN4O3. The van der Waals surface area contributed by atoms with Crippen molar-refractivity contribution in [2.24, 2.45) is 0 Å². The van der Waals surface area contributed by atoms with Crippen LogP contribution in [0.3, 0.4) is 0 Å². The Hall–Kier alpha value is -2.77. The number of nitro groups is 1. The van der Waals surface area contributed by atoms with Gasteiger partial charge in [-0.1, -0.05) is 6.92 Å². The van der Waals surface area contributed by atoms with E-state index in [0.717, 1.165) is 18.2 Å². The van der Waals surface area contributed by atoms with Crippen LogP contribution in [0.4, 0.5) is 15.9 Å². The van der Waals surface area contributed by atoms with Gasteiger partial charge in [-0.3, -0.25) is 10.1 Å². The summed E-state index contributed by atoms with van der Waals surface area (Å²) in [5.74, 6) is -0.112. The van der Waals surface area contributed by atoms with Crippen LogP contribution in [0, 0.1) is 15.9 Å². The zero-order valence-electron chi connectivity index (χ0n) is 11.5. The number of aromatic nitrogens is 2. The third-order valence-corrected chi connectivity index (χ3v) is 2.82. The Morgan fingerprint density at radius 1 is 1.43 bits per heavy atom. The molecule has 0 aliphatic carbocycles. The summed E-state index contributed by atoms with van der Waals surface area (Å²) in [6.45, 7) is 1.87. The van der Waals surface area contributed by atoms with E-state index in [4.69, 9.17) is 4.74 Å². The van der Waals surface area contributed by atoms with Gasteiger partial charge in [-0.25, -0.2) is 14.4 Å². The molecule has 0 amide bonds. The molecule has 2 aromatic rings.